The van der Waals surface area contributed by atoms with Gasteiger partial charge in [-0.05, 0) is 35.4 Å². The lowest BCUT2D eigenvalue weighted by Gasteiger charge is -2.24. The number of para-hydroxylation sites is 1. The first-order valence-corrected chi connectivity index (χ1v) is 11.7. The number of carbonyl (C=O) groups excluding carboxylic acids is 2. The third-order valence-corrected chi connectivity index (χ3v) is 6.21. The van der Waals surface area contributed by atoms with Crippen LogP contribution in [0.5, 0.6) is 5.75 Å². The summed E-state index contributed by atoms with van der Waals surface area (Å²) in [5.41, 5.74) is 2.98. The van der Waals surface area contributed by atoms with Crippen LogP contribution in [0.1, 0.15) is 17.5 Å². The van der Waals surface area contributed by atoms with Crippen molar-refractivity contribution < 1.29 is 14.3 Å². The van der Waals surface area contributed by atoms with Crippen LogP contribution in [0.4, 0.5) is 10.5 Å². The van der Waals surface area contributed by atoms with Gasteiger partial charge in [-0.25, -0.2) is 0 Å². The lowest BCUT2D eigenvalue weighted by atomic mass is 10.1. The number of hydrogen-bond acceptors (Lipinski definition) is 4. The molecule has 0 aromatic heterocycles. The molecule has 164 valence electrons. The number of anilines is 1. The van der Waals surface area contributed by atoms with E-state index in [1.807, 2.05) is 84.9 Å². The molecule has 0 aliphatic carbocycles. The number of rotatable bonds is 9. The summed E-state index contributed by atoms with van der Waals surface area (Å²) in [7, 11) is 0. The lowest BCUT2D eigenvalue weighted by Crippen LogP contribution is -2.34. The highest BCUT2D eigenvalue weighted by Crippen LogP contribution is 2.22. The molecule has 1 fully saturated rings. The summed E-state index contributed by atoms with van der Waals surface area (Å²) in [5, 5.41) is 0.0650. The third-order valence-electron chi connectivity index (χ3n) is 5.32. The van der Waals surface area contributed by atoms with Gasteiger partial charge in [0.15, 0.2) is 0 Å². The lowest BCUT2D eigenvalue weighted by molar-refractivity contribution is -0.118. The highest BCUT2D eigenvalue weighted by Gasteiger charge is 2.23. The van der Waals surface area contributed by atoms with E-state index in [1.54, 1.807) is 9.80 Å². The monoisotopic (exact) mass is 446 g/mol. The molecule has 0 atom stereocenters. The summed E-state index contributed by atoms with van der Waals surface area (Å²) in [6, 6.07) is 27.6. The van der Waals surface area contributed by atoms with Gasteiger partial charge >= 0.3 is 0 Å². The first-order valence-electron chi connectivity index (χ1n) is 10.7. The summed E-state index contributed by atoms with van der Waals surface area (Å²) >= 11 is 1.32. The van der Waals surface area contributed by atoms with Crippen molar-refractivity contribution in [3.63, 3.8) is 0 Å². The van der Waals surface area contributed by atoms with E-state index in [9.17, 15) is 9.59 Å². The summed E-state index contributed by atoms with van der Waals surface area (Å²) < 4.78 is 5.87. The van der Waals surface area contributed by atoms with E-state index in [2.05, 4.69) is 0 Å². The van der Waals surface area contributed by atoms with Crippen LogP contribution in [-0.4, -0.2) is 34.9 Å². The summed E-state index contributed by atoms with van der Waals surface area (Å²) in [4.78, 5) is 28.5. The number of nitrogens with zero attached hydrogens (tertiary/aromatic N) is 2. The van der Waals surface area contributed by atoms with E-state index in [4.69, 9.17) is 4.74 Å². The SMILES string of the molecule is O=C1SCCN1CCC(=O)N(Cc1ccc(OCc2ccccc2)cc1)c1ccccc1. The van der Waals surface area contributed by atoms with E-state index in [0.717, 1.165) is 28.3 Å². The van der Waals surface area contributed by atoms with Crippen LogP contribution in [-0.2, 0) is 17.9 Å². The molecule has 1 aliphatic heterocycles. The summed E-state index contributed by atoms with van der Waals surface area (Å²) in [6.45, 7) is 2.15. The molecule has 5 nitrogen and oxygen atoms in total. The molecule has 0 saturated carbocycles. The third kappa shape index (κ3) is 5.92. The van der Waals surface area contributed by atoms with E-state index >= 15 is 0 Å². The molecule has 3 aromatic carbocycles. The number of thioether (sulfide) groups is 1. The molecule has 2 amide bonds. The molecule has 1 aliphatic rings. The fourth-order valence-corrected chi connectivity index (χ4v) is 4.39. The van der Waals surface area contributed by atoms with E-state index < -0.39 is 0 Å². The van der Waals surface area contributed by atoms with Gasteiger partial charge in [0.2, 0.25) is 5.91 Å². The minimum Gasteiger partial charge on any atom is -0.489 e. The van der Waals surface area contributed by atoms with Crippen LogP contribution >= 0.6 is 11.8 Å². The van der Waals surface area contributed by atoms with Crippen molar-refractivity contribution >= 4 is 28.6 Å². The second kappa shape index (κ2) is 10.9. The molecule has 0 spiro atoms. The molecule has 3 aromatic rings. The Labute approximate surface area is 193 Å². The normalized spacial score (nSPS) is 13.2. The molecule has 32 heavy (non-hydrogen) atoms. The standard InChI is InChI=1S/C26H26N2O3S/c29-25(15-16-27-17-18-32-26(27)30)28(23-9-5-2-6-10-23)19-21-11-13-24(14-12-21)31-20-22-7-3-1-4-8-22/h1-14H,15-20H2. The van der Waals surface area contributed by atoms with Gasteiger partial charge in [0, 0.05) is 31.0 Å². The minimum absolute atomic E-state index is 0.00491. The second-order valence-electron chi connectivity index (χ2n) is 7.59. The van der Waals surface area contributed by atoms with Gasteiger partial charge in [0.05, 0.1) is 6.54 Å². The van der Waals surface area contributed by atoms with Gasteiger partial charge in [0.25, 0.3) is 5.24 Å². The van der Waals surface area contributed by atoms with E-state index in [0.29, 0.717) is 32.7 Å². The quantitative estimate of drug-likeness (QED) is 0.444. The Balaban J connectivity index is 1.40. The van der Waals surface area contributed by atoms with Crippen molar-refractivity contribution in [2.24, 2.45) is 0 Å². The number of amides is 2. The largest absolute Gasteiger partial charge is 0.489 e. The van der Waals surface area contributed by atoms with Gasteiger partial charge in [-0.15, -0.1) is 0 Å². The highest BCUT2D eigenvalue weighted by molar-refractivity contribution is 8.13. The zero-order valence-electron chi connectivity index (χ0n) is 17.9. The van der Waals surface area contributed by atoms with Crippen LogP contribution < -0.4 is 9.64 Å². The van der Waals surface area contributed by atoms with Gasteiger partial charge in [-0.2, -0.15) is 0 Å². The number of benzene rings is 3. The zero-order chi connectivity index (χ0) is 22.2. The van der Waals surface area contributed by atoms with Crippen LogP contribution in [0.2, 0.25) is 0 Å². The Morgan fingerprint density at radius 1 is 0.906 bits per heavy atom. The average molecular weight is 447 g/mol. The minimum atomic E-state index is 0.00491. The first kappa shape index (κ1) is 22.0. The Hall–Kier alpha value is -3.25. The maximum atomic E-state index is 13.1. The molecular formula is C26H26N2O3S. The molecule has 0 unspecified atom stereocenters. The maximum Gasteiger partial charge on any atom is 0.281 e. The van der Waals surface area contributed by atoms with E-state index in [-0.39, 0.29) is 11.1 Å². The average Bonchev–Trinajstić information content (AvgIpc) is 3.26. The smallest absolute Gasteiger partial charge is 0.281 e. The van der Waals surface area contributed by atoms with Crippen molar-refractivity contribution in [2.45, 2.75) is 19.6 Å². The summed E-state index contributed by atoms with van der Waals surface area (Å²) in [6.07, 6.45) is 0.305. The topological polar surface area (TPSA) is 49.9 Å². The van der Waals surface area contributed by atoms with Gasteiger partial charge < -0.3 is 14.5 Å². The van der Waals surface area contributed by atoms with Crippen LogP contribution in [0.25, 0.3) is 0 Å². The molecule has 0 N–H and O–H groups in total. The number of carbonyl (C=O) groups is 2. The van der Waals surface area contributed by atoms with Crippen molar-refractivity contribution in [1.82, 2.24) is 4.90 Å². The van der Waals surface area contributed by atoms with Gasteiger partial charge in [0.1, 0.15) is 12.4 Å². The first-order chi connectivity index (χ1) is 15.7. The molecule has 1 saturated heterocycles. The predicted octanol–water partition coefficient (Wildman–Crippen LogP) is 5.36. The Morgan fingerprint density at radius 3 is 2.25 bits per heavy atom. The Kier molecular flexibility index (Phi) is 7.46. The highest BCUT2D eigenvalue weighted by atomic mass is 32.2. The molecule has 0 radical (unpaired) electrons. The summed E-state index contributed by atoms with van der Waals surface area (Å²) in [5.74, 6) is 1.60. The fourth-order valence-electron chi connectivity index (χ4n) is 3.54. The zero-order valence-corrected chi connectivity index (χ0v) is 18.7. The predicted molar refractivity (Wildman–Crippen MR) is 129 cm³/mol. The van der Waals surface area contributed by atoms with E-state index in [1.165, 1.54) is 11.8 Å². The van der Waals surface area contributed by atoms with Crippen molar-refractivity contribution in [3.8, 4) is 5.75 Å². The van der Waals surface area contributed by atoms with Crippen molar-refractivity contribution in [2.75, 3.05) is 23.7 Å². The number of hydrogen-bond donors (Lipinski definition) is 0. The fraction of sp³-hybridized carbons (Fsp3) is 0.231. The van der Waals surface area contributed by atoms with Crippen molar-refractivity contribution in [1.29, 1.82) is 0 Å². The van der Waals surface area contributed by atoms with Crippen LogP contribution in [0.15, 0.2) is 84.9 Å². The maximum absolute atomic E-state index is 13.1. The van der Waals surface area contributed by atoms with Crippen LogP contribution in [0.3, 0.4) is 0 Å². The molecule has 0 bridgehead atoms. The van der Waals surface area contributed by atoms with Gasteiger partial charge in [-0.1, -0.05) is 72.4 Å². The Bertz CT molecular complexity index is 1030. The second-order valence-corrected chi connectivity index (χ2v) is 8.63. The molecule has 1 heterocycles. The van der Waals surface area contributed by atoms with Crippen molar-refractivity contribution in [3.05, 3.63) is 96.1 Å². The number of ether oxygens (including phenoxy) is 1. The van der Waals surface area contributed by atoms with Gasteiger partial charge in [-0.3, -0.25) is 9.59 Å². The molecule has 6 heteroatoms. The molecule has 4 rings (SSSR count). The Morgan fingerprint density at radius 2 is 1.59 bits per heavy atom. The van der Waals surface area contributed by atoms with Crippen LogP contribution in [0, 0.1) is 0 Å². The molecular weight excluding hydrogens is 420 g/mol.